The minimum Gasteiger partial charge on any atom is -0.271 e. The summed E-state index contributed by atoms with van der Waals surface area (Å²) in [6.07, 6.45) is 0.364. The van der Waals surface area contributed by atoms with E-state index in [2.05, 4.69) is 12.3 Å². The first-order chi connectivity index (χ1) is 10.1. The molecular formula is C16H18F2N2S. The maximum atomic E-state index is 13.7. The van der Waals surface area contributed by atoms with Gasteiger partial charge in [-0.3, -0.25) is 11.3 Å². The first kappa shape index (κ1) is 15.9. The molecule has 112 valence electrons. The summed E-state index contributed by atoms with van der Waals surface area (Å²) in [7, 11) is 0. The molecule has 2 rings (SSSR count). The van der Waals surface area contributed by atoms with Gasteiger partial charge in [0.05, 0.1) is 6.04 Å². The Balaban J connectivity index is 2.15. The predicted octanol–water partition coefficient (Wildman–Crippen LogP) is 3.82. The molecule has 0 aliphatic rings. The predicted molar refractivity (Wildman–Crippen MR) is 83.0 cm³/mol. The van der Waals surface area contributed by atoms with Gasteiger partial charge in [0, 0.05) is 11.0 Å². The Kier molecular flexibility index (Phi) is 5.73. The number of nitrogens with one attached hydrogen (secondary N) is 1. The fourth-order valence-corrected chi connectivity index (χ4v) is 2.81. The van der Waals surface area contributed by atoms with Crippen molar-refractivity contribution in [1.29, 1.82) is 0 Å². The van der Waals surface area contributed by atoms with Crippen molar-refractivity contribution in [3.63, 3.8) is 0 Å². The van der Waals surface area contributed by atoms with Crippen molar-refractivity contribution < 1.29 is 8.78 Å². The molecule has 0 aromatic heterocycles. The van der Waals surface area contributed by atoms with E-state index < -0.39 is 11.6 Å². The van der Waals surface area contributed by atoms with Crippen molar-refractivity contribution in [3.8, 4) is 0 Å². The van der Waals surface area contributed by atoms with Crippen molar-refractivity contribution in [3.05, 3.63) is 65.2 Å². The fraction of sp³-hybridized carbons (Fsp3) is 0.250. The number of halogens is 2. The normalized spacial score (nSPS) is 12.4. The van der Waals surface area contributed by atoms with E-state index >= 15 is 0 Å². The van der Waals surface area contributed by atoms with E-state index in [1.165, 1.54) is 17.0 Å². The minimum atomic E-state index is -0.575. The molecule has 2 aromatic carbocycles. The highest BCUT2D eigenvalue weighted by Gasteiger charge is 2.13. The average Bonchev–Trinajstić information content (AvgIpc) is 2.48. The second kappa shape index (κ2) is 7.54. The summed E-state index contributed by atoms with van der Waals surface area (Å²) in [4.78, 5) is 1.19. The zero-order chi connectivity index (χ0) is 15.2. The highest BCUT2D eigenvalue weighted by Crippen LogP contribution is 2.23. The Morgan fingerprint density at radius 2 is 1.86 bits per heavy atom. The number of hydrogen-bond acceptors (Lipinski definition) is 3. The summed E-state index contributed by atoms with van der Waals surface area (Å²) in [5, 5.41) is 0. The van der Waals surface area contributed by atoms with E-state index in [1.807, 2.05) is 24.3 Å². The second-order valence-electron chi connectivity index (χ2n) is 4.66. The summed E-state index contributed by atoms with van der Waals surface area (Å²) in [5.74, 6) is 5.47. The van der Waals surface area contributed by atoms with Crippen LogP contribution in [0.15, 0.2) is 47.4 Å². The van der Waals surface area contributed by atoms with Gasteiger partial charge >= 0.3 is 0 Å². The van der Waals surface area contributed by atoms with Gasteiger partial charge in [-0.25, -0.2) is 8.78 Å². The first-order valence-electron chi connectivity index (χ1n) is 6.77. The van der Waals surface area contributed by atoms with Gasteiger partial charge in [0.1, 0.15) is 11.6 Å². The number of rotatable bonds is 6. The van der Waals surface area contributed by atoms with Gasteiger partial charge in [0.2, 0.25) is 0 Å². The van der Waals surface area contributed by atoms with Gasteiger partial charge in [-0.15, -0.1) is 11.8 Å². The Morgan fingerprint density at radius 1 is 1.14 bits per heavy atom. The molecule has 0 saturated carbocycles. The monoisotopic (exact) mass is 308 g/mol. The van der Waals surface area contributed by atoms with E-state index in [4.69, 9.17) is 5.84 Å². The SMILES string of the molecule is CCSc1ccc(C(Cc2ccc(F)cc2F)NN)cc1. The molecule has 21 heavy (non-hydrogen) atoms. The van der Waals surface area contributed by atoms with Crippen LogP contribution < -0.4 is 11.3 Å². The van der Waals surface area contributed by atoms with Crippen molar-refractivity contribution >= 4 is 11.8 Å². The quantitative estimate of drug-likeness (QED) is 0.484. The third kappa shape index (κ3) is 4.27. The van der Waals surface area contributed by atoms with Crippen LogP contribution in [0.5, 0.6) is 0 Å². The number of thioether (sulfide) groups is 1. The molecule has 0 spiro atoms. The largest absolute Gasteiger partial charge is 0.271 e. The Labute approximate surface area is 127 Å². The summed E-state index contributed by atoms with van der Waals surface area (Å²) >= 11 is 1.76. The van der Waals surface area contributed by atoms with Crippen LogP contribution in [-0.2, 0) is 6.42 Å². The minimum absolute atomic E-state index is 0.217. The molecule has 1 unspecified atom stereocenters. The molecule has 2 nitrogen and oxygen atoms in total. The summed E-state index contributed by atoms with van der Waals surface area (Å²) in [6, 6.07) is 11.4. The zero-order valence-corrected chi connectivity index (χ0v) is 12.6. The van der Waals surface area contributed by atoms with E-state index in [0.717, 1.165) is 17.4 Å². The van der Waals surface area contributed by atoms with Crippen LogP contribution in [0.1, 0.15) is 24.1 Å². The van der Waals surface area contributed by atoms with Crippen LogP contribution in [0.25, 0.3) is 0 Å². The average molecular weight is 308 g/mol. The number of benzene rings is 2. The summed E-state index contributed by atoms with van der Waals surface area (Å²) in [5.41, 5.74) is 4.10. The molecule has 2 aromatic rings. The first-order valence-corrected chi connectivity index (χ1v) is 7.75. The fourth-order valence-electron chi connectivity index (χ4n) is 2.14. The molecule has 0 heterocycles. The van der Waals surface area contributed by atoms with E-state index in [1.54, 1.807) is 11.8 Å². The summed E-state index contributed by atoms with van der Waals surface area (Å²) < 4.78 is 26.6. The molecule has 0 aliphatic heterocycles. The number of hydrogen-bond donors (Lipinski definition) is 2. The molecule has 5 heteroatoms. The maximum absolute atomic E-state index is 13.7. The molecule has 3 N–H and O–H groups in total. The van der Waals surface area contributed by atoms with Crippen molar-refractivity contribution in [2.24, 2.45) is 5.84 Å². The smallest absolute Gasteiger partial charge is 0.129 e. The van der Waals surface area contributed by atoms with Crippen LogP contribution in [0.3, 0.4) is 0 Å². The number of hydrazine groups is 1. The van der Waals surface area contributed by atoms with Crippen molar-refractivity contribution in [2.45, 2.75) is 24.3 Å². The van der Waals surface area contributed by atoms with Crippen LogP contribution in [0.4, 0.5) is 8.78 Å². The Hall–Kier alpha value is -1.43. The third-order valence-corrected chi connectivity index (χ3v) is 4.13. The van der Waals surface area contributed by atoms with Crippen molar-refractivity contribution in [2.75, 3.05) is 5.75 Å². The topological polar surface area (TPSA) is 38.0 Å². The molecule has 0 amide bonds. The number of nitrogens with two attached hydrogens (primary N) is 1. The van der Waals surface area contributed by atoms with Gasteiger partial charge in [-0.05, 0) is 41.5 Å². The highest BCUT2D eigenvalue weighted by molar-refractivity contribution is 7.99. The molecular weight excluding hydrogens is 290 g/mol. The van der Waals surface area contributed by atoms with Crippen LogP contribution >= 0.6 is 11.8 Å². The standard InChI is InChI=1S/C16H18F2N2S/c1-2-21-14-7-4-11(5-8-14)16(20-19)9-12-3-6-13(17)10-15(12)18/h3-8,10,16,20H,2,9,19H2,1H3. The van der Waals surface area contributed by atoms with E-state index in [0.29, 0.717) is 12.0 Å². The van der Waals surface area contributed by atoms with E-state index in [-0.39, 0.29) is 6.04 Å². The Bertz CT molecular complexity index is 587. The molecule has 0 saturated heterocycles. The van der Waals surface area contributed by atoms with E-state index in [9.17, 15) is 8.78 Å². The lowest BCUT2D eigenvalue weighted by Gasteiger charge is -2.17. The van der Waals surface area contributed by atoms with Gasteiger partial charge in [-0.2, -0.15) is 0 Å². The lowest BCUT2D eigenvalue weighted by atomic mass is 9.99. The van der Waals surface area contributed by atoms with Crippen molar-refractivity contribution in [1.82, 2.24) is 5.43 Å². The Morgan fingerprint density at radius 3 is 2.43 bits per heavy atom. The molecule has 0 bridgehead atoms. The molecule has 0 radical (unpaired) electrons. The van der Waals surface area contributed by atoms with Gasteiger partial charge in [0.25, 0.3) is 0 Å². The van der Waals surface area contributed by atoms with Crippen LogP contribution in [0.2, 0.25) is 0 Å². The van der Waals surface area contributed by atoms with Gasteiger partial charge in [-0.1, -0.05) is 25.1 Å². The summed E-state index contributed by atoms with van der Waals surface area (Å²) in [6.45, 7) is 2.10. The van der Waals surface area contributed by atoms with Crippen LogP contribution in [0, 0.1) is 11.6 Å². The van der Waals surface area contributed by atoms with Crippen LogP contribution in [-0.4, -0.2) is 5.75 Å². The molecule has 1 atom stereocenters. The third-order valence-electron chi connectivity index (χ3n) is 3.23. The van der Waals surface area contributed by atoms with Gasteiger partial charge < -0.3 is 0 Å². The zero-order valence-electron chi connectivity index (χ0n) is 11.8. The lowest BCUT2D eigenvalue weighted by molar-refractivity contribution is 0.522. The second-order valence-corrected chi connectivity index (χ2v) is 6.00. The molecule has 0 fully saturated rings. The maximum Gasteiger partial charge on any atom is 0.129 e. The lowest BCUT2D eigenvalue weighted by Crippen LogP contribution is -2.29. The molecule has 0 aliphatic carbocycles. The highest BCUT2D eigenvalue weighted by atomic mass is 32.2. The van der Waals surface area contributed by atoms with Gasteiger partial charge in [0.15, 0.2) is 0 Å².